The molecule has 1 aromatic rings. The first-order chi connectivity index (χ1) is 9.39. The molecule has 3 nitrogen and oxygen atoms in total. The van der Waals surface area contributed by atoms with Crippen molar-refractivity contribution in [2.24, 2.45) is 11.3 Å². The summed E-state index contributed by atoms with van der Waals surface area (Å²) in [6, 6.07) is 4.99. The second kappa shape index (κ2) is 6.31. The SMILES string of the molecule is CC1CC(C)(C)CCC1NCC(c1ccco1)N(C)C. The van der Waals surface area contributed by atoms with Gasteiger partial charge in [-0.05, 0) is 56.8 Å². The molecule has 0 aromatic carbocycles. The highest BCUT2D eigenvalue weighted by Gasteiger charge is 2.32. The number of likely N-dealkylation sites (N-methyl/N-ethyl adjacent to an activating group) is 1. The van der Waals surface area contributed by atoms with E-state index in [0.29, 0.717) is 17.5 Å². The van der Waals surface area contributed by atoms with E-state index in [1.54, 1.807) is 6.26 Å². The van der Waals surface area contributed by atoms with E-state index in [1.165, 1.54) is 19.3 Å². The van der Waals surface area contributed by atoms with Crippen LogP contribution >= 0.6 is 0 Å². The van der Waals surface area contributed by atoms with E-state index >= 15 is 0 Å². The van der Waals surface area contributed by atoms with Gasteiger partial charge in [0.05, 0.1) is 12.3 Å². The lowest BCUT2D eigenvalue weighted by molar-refractivity contribution is 0.139. The van der Waals surface area contributed by atoms with Gasteiger partial charge in [-0.1, -0.05) is 20.8 Å². The highest BCUT2D eigenvalue weighted by Crippen LogP contribution is 2.38. The second-order valence-corrected chi connectivity index (χ2v) is 7.39. The van der Waals surface area contributed by atoms with Gasteiger partial charge in [-0.15, -0.1) is 0 Å². The van der Waals surface area contributed by atoms with Crippen molar-refractivity contribution in [2.45, 2.75) is 52.1 Å². The smallest absolute Gasteiger partial charge is 0.122 e. The summed E-state index contributed by atoms with van der Waals surface area (Å²) in [5, 5.41) is 3.78. The topological polar surface area (TPSA) is 28.4 Å². The van der Waals surface area contributed by atoms with Gasteiger partial charge in [0.1, 0.15) is 5.76 Å². The summed E-state index contributed by atoms with van der Waals surface area (Å²) < 4.78 is 5.58. The Morgan fingerprint density at radius 3 is 2.75 bits per heavy atom. The van der Waals surface area contributed by atoms with Gasteiger partial charge in [0.25, 0.3) is 0 Å². The molecule has 0 radical (unpaired) electrons. The largest absolute Gasteiger partial charge is 0.468 e. The zero-order valence-electron chi connectivity index (χ0n) is 13.6. The second-order valence-electron chi connectivity index (χ2n) is 7.39. The van der Waals surface area contributed by atoms with E-state index in [4.69, 9.17) is 4.42 Å². The van der Waals surface area contributed by atoms with E-state index in [0.717, 1.165) is 18.2 Å². The third-order valence-corrected chi connectivity index (χ3v) is 4.76. The minimum atomic E-state index is 0.312. The Balaban J connectivity index is 1.90. The van der Waals surface area contributed by atoms with Crippen molar-refractivity contribution >= 4 is 0 Å². The quantitative estimate of drug-likeness (QED) is 0.890. The molecule has 0 spiro atoms. The van der Waals surface area contributed by atoms with Crippen LogP contribution in [0.4, 0.5) is 0 Å². The lowest BCUT2D eigenvalue weighted by Crippen LogP contribution is -2.44. The Morgan fingerprint density at radius 1 is 1.45 bits per heavy atom. The molecule has 0 bridgehead atoms. The molecule has 20 heavy (non-hydrogen) atoms. The van der Waals surface area contributed by atoms with Gasteiger partial charge in [-0.3, -0.25) is 4.90 Å². The fourth-order valence-corrected chi connectivity index (χ4v) is 3.53. The van der Waals surface area contributed by atoms with E-state index in [1.807, 2.05) is 6.07 Å². The van der Waals surface area contributed by atoms with Crippen molar-refractivity contribution in [1.29, 1.82) is 0 Å². The number of furan rings is 1. The molecule has 1 heterocycles. The lowest BCUT2D eigenvalue weighted by Gasteiger charge is -2.40. The normalized spacial score (nSPS) is 27.7. The van der Waals surface area contributed by atoms with Crippen molar-refractivity contribution in [1.82, 2.24) is 10.2 Å². The number of rotatable bonds is 5. The van der Waals surface area contributed by atoms with Gasteiger partial charge in [0.2, 0.25) is 0 Å². The highest BCUT2D eigenvalue weighted by molar-refractivity contribution is 5.05. The van der Waals surface area contributed by atoms with Crippen molar-refractivity contribution in [3.63, 3.8) is 0 Å². The van der Waals surface area contributed by atoms with Crippen LogP contribution in [-0.4, -0.2) is 31.6 Å². The average molecular weight is 278 g/mol. The third-order valence-electron chi connectivity index (χ3n) is 4.76. The molecule has 114 valence electrons. The molecule has 3 heteroatoms. The zero-order chi connectivity index (χ0) is 14.8. The minimum absolute atomic E-state index is 0.312. The minimum Gasteiger partial charge on any atom is -0.468 e. The van der Waals surface area contributed by atoms with E-state index in [2.05, 4.69) is 51.1 Å². The summed E-state index contributed by atoms with van der Waals surface area (Å²) in [7, 11) is 4.23. The fourth-order valence-electron chi connectivity index (χ4n) is 3.53. The maximum absolute atomic E-state index is 5.58. The Labute approximate surface area is 123 Å². The van der Waals surface area contributed by atoms with Crippen LogP contribution in [0.15, 0.2) is 22.8 Å². The molecule has 0 amide bonds. The molecule has 3 unspecified atom stereocenters. The van der Waals surface area contributed by atoms with Gasteiger partial charge in [0.15, 0.2) is 0 Å². The summed E-state index contributed by atoms with van der Waals surface area (Å²) in [4.78, 5) is 2.23. The van der Waals surface area contributed by atoms with Gasteiger partial charge in [-0.2, -0.15) is 0 Å². The monoisotopic (exact) mass is 278 g/mol. The molecule has 0 saturated heterocycles. The van der Waals surface area contributed by atoms with Crippen molar-refractivity contribution in [3.8, 4) is 0 Å². The van der Waals surface area contributed by atoms with Crippen LogP contribution in [-0.2, 0) is 0 Å². The molecular weight excluding hydrogens is 248 g/mol. The molecule has 1 fully saturated rings. The van der Waals surface area contributed by atoms with Gasteiger partial charge < -0.3 is 9.73 Å². The summed E-state index contributed by atoms with van der Waals surface area (Å²) in [5.41, 5.74) is 0.513. The summed E-state index contributed by atoms with van der Waals surface area (Å²) in [6.45, 7) is 8.13. The van der Waals surface area contributed by atoms with Crippen molar-refractivity contribution in [2.75, 3.05) is 20.6 Å². The number of nitrogens with zero attached hydrogens (tertiary/aromatic N) is 1. The van der Waals surface area contributed by atoms with Crippen LogP contribution in [0.25, 0.3) is 0 Å². The number of hydrogen-bond acceptors (Lipinski definition) is 3. The zero-order valence-corrected chi connectivity index (χ0v) is 13.6. The van der Waals surface area contributed by atoms with Crippen LogP contribution in [0.1, 0.15) is 51.8 Å². The standard InChI is InChI=1S/C17H30N2O/c1-13-11-17(2,3)9-8-14(13)18-12-15(19(4)5)16-7-6-10-20-16/h6-7,10,13-15,18H,8-9,11-12H2,1-5H3. The molecule has 3 atom stereocenters. The summed E-state index contributed by atoms with van der Waals surface area (Å²) in [6.07, 6.45) is 5.69. The Hall–Kier alpha value is -0.800. The maximum Gasteiger partial charge on any atom is 0.122 e. The molecule has 1 aliphatic rings. The average Bonchev–Trinajstić information content (AvgIpc) is 2.84. The first-order valence-electron chi connectivity index (χ1n) is 7.82. The van der Waals surface area contributed by atoms with Crippen LogP contribution in [0.3, 0.4) is 0 Å². The van der Waals surface area contributed by atoms with Crippen LogP contribution in [0.5, 0.6) is 0 Å². The van der Waals surface area contributed by atoms with Gasteiger partial charge >= 0.3 is 0 Å². The predicted octanol–water partition coefficient (Wildman–Crippen LogP) is 3.69. The number of hydrogen-bond donors (Lipinski definition) is 1. The molecule has 2 rings (SSSR count). The fraction of sp³-hybridized carbons (Fsp3) is 0.765. The summed E-state index contributed by atoms with van der Waals surface area (Å²) in [5.74, 6) is 1.80. The van der Waals surface area contributed by atoms with Crippen LogP contribution < -0.4 is 5.32 Å². The molecular formula is C17H30N2O. The highest BCUT2D eigenvalue weighted by atomic mass is 16.3. The molecule has 1 N–H and O–H groups in total. The predicted molar refractivity (Wildman–Crippen MR) is 83.7 cm³/mol. The molecule has 1 aromatic heterocycles. The Kier molecular flexibility index (Phi) is 4.92. The van der Waals surface area contributed by atoms with Gasteiger partial charge in [-0.25, -0.2) is 0 Å². The third kappa shape index (κ3) is 3.86. The van der Waals surface area contributed by atoms with Crippen LogP contribution in [0, 0.1) is 11.3 Å². The maximum atomic E-state index is 5.58. The van der Waals surface area contributed by atoms with Crippen molar-refractivity contribution < 1.29 is 4.42 Å². The Morgan fingerprint density at radius 2 is 2.20 bits per heavy atom. The molecule has 1 saturated carbocycles. The van der Waals surface area contributed by atoms with Gasteiger partial charge in [0, 0.05) is 12.6 Å². The summed E-state index contributed by atoms with van der Waals surface area (Å²) >= 11 is 0. The van der Waals surface area contributed by atoms with E-state index < -0.39 is 0 Å². The molecule has 0 aliphatic heterocycles. The van der Waals surface area contributed by atoms with Crippen LogP contribution in [0.2, 0.25) is 0 Å². The first kappa shape index (κ1) is 15.6. The van der Waals surface area contributed by atoms with E-state index in [-0.39, 0.29) is 0 Å². The Bertz CT molecular complexity index is 397. The lowest BCUT2D eigenvalue weighted by atomic mass is 9.70. The van der Waals surface area contributed by atoms with E-state index in [9.17, 15) is 0 Å². The first-order valence-corrected chi connectivity index (χ1v) is 7.82. The molecule has 1 aliphatic carbocycles. The van der Waals surface area contributed by atoms with Crippen molar-refractivity contribution in [3.05, 3.63) is 24.2 Å². The number of nitrogens with one attached hydrogen (secondary N) is 1.